The molecule has 2 aromatic heterocycles. The molecular formula is C18H19N3O3S. The minimum Gasteiger partial charge on any atom is -0.332 e. The summed E-state index contributed by atoms with van der Waals surface area (Å²) in [5, 5.41) is 1.06. The Morgan fingerprint density at radius 1 is 1.16 bits per heavy atom. The fraction of sp³-hybridized carbons (Fsp3) is 0.222. The Hall–Kier alpha value is -2.51. The molecule has 1 N–H and O–H groups in total. The van der Waals surface area contributed by atoms with Crippen molar-refractivity contribution in [3.8, 4) is 0 Å². The molecule has 0 aliphatic carbocycles. The van der Waals surface area contributed by atoms with E-state index in [-0.39, 0.29) is 10.7 Å². The SMILES string of the molecule is CC(=O)c1ccc(S(=O)(=O)NCCCn2ccc3cccnc32)cc1. The van der Waals surface area contributed by atoms with Gasteiger partial charge in [-0.05, 0) is 43.7 Å². The van der Waals surface area contributed by atoms with Gasteiger partial charge in [-0.3, -0.25) is 4.79 Å². The number of nitrogens with one attached hydrogen (secondary N) is 1. The first-order chi connectivity index (χ1) is 12.0. The van der Waals surface area contributed by atoms with E-state index in [1.807, 2.05) is 29.0 Å². The Morgan fingerprint density at radius 2 is 1.92 bits per heavy atom. The van der Waals surface area contributed by atoms with Crippen molar-refractivity contribution in [1.82, 2.24) is 14.3 Å². The van der Waals surface area contributed by atoms with Crippen molar-refractivity contribution >= 4 is 26.8 Å². The molecule has 3 aromatic rings. The Kier molecular flexibility index (Phi) is 4.96. The van der Waals surface area contributed by atoms with Crippen LogP contribution in [0, 0.1) is 0 Å². The van der Waals surface area contributed by atoms with E-state index in [1.54, 1.807) is 6.20 Å². The number of aryl methyl sites for hydroxylation is 1. The van der Waals surface area contributed by atoms with E-state index in [1.165, 1.54) is 31.2 Å². The summed E-state index contributed by atoms with van der Waals surface area (Å²) in [6.07, 6.45) is 4.34. The second-order valence-electron chi connectivity index (χ2n) is 5.76. The van der Waals surface area contributed by atoms with Crippen molar-refractivity contribution in [2.24, 2.45) is 0 Å². The predicted octanol–water partition coefficient (Wildman–Crippen LogP) is 2.61. The zero-order chi connectivity index (χ0) is 17.9. The standard InChI is InChI=1S/C18H19N3O3S/c1-14(22)15-5-7-17(8-6-15)25(23,24)20-11-3-12-21-13-9-16-4-2-10-19-18(16)21/h2,4-10,13,20H,3,11-12H2,1H3. The molecule has 0 saturated carbocycles. The lowest BCUT2D eigenvalue weighted by atomic mass is 10.2. The minimum absolute atomic E-state index is 0.0931. The van der Waals surface area contributed by atoms with Gasteiger partial charge in [-0.2, -0.15) is 0 Å². The molecule has 0 amide bonds. The van der Waals surface area contributed by atoms with Crippen LogP contribution in [0.1, 0.15) is 23.7 Å². The lowest BCUT2D eigenvalue weighted by Gasteiger charge is -2.08. The molecule has 6 nitrogen and oxygen atoms in total. The molecule has 1 aromatic carbocycles. The van der Waals surface area contributed by atoms with Crippen molar-refractivity contribution in [3.63, 3.8) is 0 Å². The number of pyridine rings is 1. The summed E-state index contributed by atoms with van der Waals surface area (Å²) in [6.45, 7) is 2.44. The first kappa shape index (κ1) is 17.3. The largest absolute Gasteiger partial charge is 0.332 e. The van der Waals surface area contributed by atoms with Gasteiger partial charge in [0.1, 0.15) is 5.65 Å². The number of aromatic nitrogens is 2. The van der Waals surface area contributed by atoms with Crippen LogP contribution in [-0.2, 0) is 16.6 Å². The minimum atomic E-state index is -3.57. The quantitative estimate of drug-likeness (QED) is 0.521. The summed E-state index contributed by atoms with van der Waals surface area (Å²) >= 11 is 0. The zero-order valence-corrected chi connectivity index (χ0v) is 14.7. The van der Waals surface area contributed by atoms with E-state index in [2.05, 4.69) is 9.71 Å². The third-order valence-electron chi connectivity index (χ3n) is 3.96. The number of carbonyl (C=O) groups excluding carboxylic acids is 1. The van der Waals surface area contributed by atoms with E-state index in [9.17, 15) is 13.2 Å². The number of carbonyl (C=O) groups is 1. The molecule has 0 aliphatic rings. The Labute approximate surface area is 146 Å². The Bertz CT molecular complexity index is 992. The maximum absolute atomic E-state index is 12.3. The van der Waals surface area contributed by atoms with Crippen molar-refractivity contribution in [3.05, 3.63) is 60.4 Å². The molecule has 3 rings (SSSR count). The monoisotopic (exact) mass is 357 g/mol. The number of hydrogen-bond donors (Lipinski definition) is 1. The van der Waals surface area contributed by atoms with E-state index < -0.39 is 10.0 Å². The van der Waals surface area contributed by atoms with Crippen LogP contribution in [0.2, 0.25) is 0 Å². The number of fused-ring (bicyclic) bond motifs is 1. The topological polar surface area (TPSA) is 81.1 Å². The zero-order valence-electron chi connectivity index (χ0n) is 13.8. The van der Waals surface area contributed by atoms with E-state index in [0.29, 0.717) is 25.1 Å². The van der Waals surface area contributed by atoms with Gasteiger partial charge in [-0.25, -0.2) is 18.1 Å². The second-order valence-corrected chi connectivity index (χ2v) is 7.52. The molecule has 0 spiro atoms. The number of ketones is 1. The fourth-order valence-electron chi connectivity index (χ4n) is 2.61. The Morgan fingerprint density at radius 3 is 2.64 bits per heavy atom. The number of rotatable bonds is 7. The van der Waals surface area contributed by atoms with Crippen molar-refractivity contribution in [1.29, 1.82) is 0 Å². The second kappa shape index (κ2) is 7.16. The first-order valence-electron chi connectivity index (χ1n) is 7.98. The number of benzene rings is 1. The predicted molar refractivity (Wildman–Crippen MR) is 96.0 cm³/mol. The van der Waals surface area contributed by atoms with Crippen LogP contribution < -0.4 is 4.72 Å². The van der Waals surface area contributed by atoms with Crippen LogP contribution >= 0.6 is 0 Å². The van der Waals surface area contributed by atoms with Gasteiger partial charge in [0.25, 0.3) is 0 Å². The molecule has 7 heteroatoms. The summed E-state index contributed by atoms with van der Waals surface area (Å²) in [7, 11) is -3.57. The van der Waals surface area contributed by atoms with Crippen LogP contribution in [0.15, 0.2) is 59.8 Å². The fourth-order valence-corrected chi connectivity index (χ4v) is 3.68. The molecule has 0 unspecified atom stereocenters. The highest BCUT2D eigenvalue weighted by Crippen LogP contribution is 2.13. The molecule has 0 saturated heterocycles. The van der Waals surface area contributed by atoms with E-state index >= 15 is 0 Å². The highest BCUT2D eigenvalue weighted by atomic mass is 32.2. The highest BCUT2D eigenvalue weighted by molar-refractivity contribution is 7.89. The van der Waals surface area contributed by atoms with Gasteiger partial charge in [0, 0.05) is 36.4 Å². The van der Waals surface area contributed by atoms with Gasteiger partial charge in [-0.15, -0.1) is 0 Å². The molecule has 0 bridgehead atoms. The average molecular weight is 357 g/mol. The number of sulfonamides is 1. The lowest BCUT2D eigenvalue weighted by molar-refractivity contribution is 0.101. The van der Waals surface area contributed by atoms with Crippen LogP contribution in [0.4, 0.5) is 0 Å². The van der Waals surface area contributed by atoms with E-state index in [0.717, 1.165) is 11.0 Å². The van der Waals surface area contributed by atoms with Gasteiger partial charge >= 0.3 is 0 Å². The molecule has 2 heterocycles. The molecular weight excluding hydrogens is 338 g/mol. The maximum atomic E-state index is 12.3. The molecule has 0 fully saturated rings. The molecule has 0 atom stereocenters. The maximum Gasteiger partial charge on any atom is 0.240 e. The Balaban J connectivity index is 1.58. The third-order valence-corrected chi connectivity index (χ3v) is 5.44. The van der Waals surface area contributed by atoms with Crippen molar-refractivity contribution in [2.45, 2.75) is 24.8 Å². The van der Waals surface area contributed by atoms with Gasteiger partial charge < -0.3 is 4.57 Å². The summed E-state index contributed by atoms with van der Waals surface area (Å²) in [4.78, 5) is 15.7. The van der Waals surface area contributed by atoms with E-state index in [4.69, 9.17) is 0 Å². The van der Waals surface area contributed by atoms with Crippen molar-refractivity contribution < 1.29 is 13.2 Å². The summed E-state index contributed by atoms with van der Waals surface area (Å²) in [6, 6.07) is 11.8. The third kappa shape index (κ3) is 3.94. The smallest absolute Gasteiger partial charge is 0.240 e. The first-order valence-corrected chi connectivity index (χ1v) is 9.46. The number of Topliss-reactive ketones (excluding diaryl/α,β-unsaturated/α-hetero) is 1. The lowest BCUT2D eigenvalue weighted by Crippen LogP contribution is -2.25. The highest BCUT2D eigenvalue weighted by Gasteiger charge is 2.13. The molecule has 130 valence electrons. The normalized spacial score (nSPS) is 11.7. The number of nitrogens with zero attached hydrogens (tertiary/aromatic N) is 2. The van der Waals surface area contributed by atoms with Crippen LogP contribution in [0.3, 0.4) is 0 Å². The van der Waals surface area contributed by atoms with Gasteiger partial charge in [-0.1, -0.05) is 12.1 Å². The summed E-state index contributed by atoms with van der Waals surface area (Å²) in [5.41, 5.74) is 1.39. The summed E-state index contributed by atoms with van der Waals surface area (Å²) in [5.74, 6) is -0.0931. The van der Waals surface area contributed by atoms with Gasteiger partial charge in [0.05, 0.1) is 4.90 Å². The van der Waals surface area contributed by atoms with Crippen LogP contribution in [-0.4, -0.2) is 30.3 Å². The van der Waals surface area contributed by atoms with Crippen LogP contribution in [0.25, 0.3) is 11.0 Å². The summed E-state index contributed by atoms with van der Waals surface area (Å²) < 4.78 is 29.1. The number of hydrogen-bond acceptors (Lipinski definition) is 4. The average Bonchev–Trinajstić information content (AvgIpc) is 3.02. The molecule has 0 radical (unpaired) electrons. The van der Waals surface area contributed by atoms with Crippen molar-refractivity contribution in [2.75, 3.05) is 6.54 Å². The molecule has 25 heavy (non-hydrogen) atoms. The van der Waals surface area contributed by atoms with Gasteiger partial charge in [0.15, 0.2) is 5.78 Å². The van der Waals surface area contributed by atoms with Crippen LogP contribution in [0.5, 0.6) is 0 Å². The van der Waals surface area contributed by atoms with Gasteiger partial charge in [0.2, 0.25) is 10.0 Å². The molecule has 0 aliphatic heterocycles.